The van der Waals surface area contributed by atoms with Crippen LogP contribution in [0.5, 0.6) is 0 Å². The molecule has 2 N–H and O–H groups in total. The summed E-state index contributed by atoms with van der Waals surface area (Å²) in [4.78, 5) is 0. The summed E-state index contributed by atoms with van der Waals surface area (Å²) in [5, 5.41) is 0. The van der Waals surface area contributed by atoms with Gasteiger partial charge in [-0.15, -0.1) is 0 Å². The van der Waals surface area contributed by atoms with Crippen LogP contribution in [0.25, 0.3) is 0 Å². The van der Waals surface area contributed by atoms with E-state index < -0.39 is 10.4 Å². The molecular weight excluding hydrogens is 351 g/mol. The quantitative estimate of drug-likeness (QED) is 0.205. The second kappa shape index (κ2) is 24.5. The minimum absolute atomic E-state index is 0. The van der Waals surface area contributed by atoms with Crippen LogP contribution in [0.3, 0.4) is 0 Å². The maximum atomic E-state index is 8.74. The van der Waals surface area contributed by atoms with Crippen LogP contribution in [0, 0.1) is 0 Å². The van der Waals surface area contributed by atoms with Crippen LogP contribution < -0.4 is 0 Å². The van der Waals surface area contributed by atoms with Crippen LogP contribution in [0.15, 0.2) is 0 Å². The van der Waals surface area contributed by atoms with Gasteiger partial charge in [-0.25, -0.2) is 0 Å². The fourth-order valence-electron chi connectivity index (χ4n) is 2.62. The SMILES string of the molecule is CCCCCCCCCCCCCCCCCC.O=S(=O)(O)O.[KH]. The van der Waals surface area contributed by atoms with E-state index in [1.807, 2.05) is 0 Å². The summed E-state index contributed by atoms with van der Waals surface area (Å²) in [6.07, 6.45) is 23.4. The third-order valence-electron chi connectivity index (χ3n) is 3.96. The molecule has 0 aromatic carbocycles. The predicted molar refractivity (Wildman–Crippen MR) is 107 cm³/mol. The molecule has 0 amide bonds. The zero-order chi connectivity index (χ0) is 17.8. The van der Waals surface area contributed by atoms with Crippen molar-refractivity contribution >= 4 is 61.8 Å². The Labute approximate surface area is 194 Å². The normalized spacial score (nSPS) is 10.7. The maximum absolute atomic E-state index is 8.74. The number of unbranched alkanes of at least 4 members (excludes halogenated alkanes) is 15. The van der Waals surface area contributed by atoms with Crippen molar-refractivity contribution in [2.24, 2.45) is 0 Å². The molecule has 0 bridgehead atoms. The number of rotatable bonds is 15. The summed E-state index contributed by atoms with van der Waals surface area (Å²) in [6, 6.07) is 0. The van der Waals surface area contributed by atoms with E-state index in [4.69, 9.17) is 17.5 Å². The topological polar surface area (TPSA) is 74.6 Å². The van der Waals surface area contributed by atoms with Gasteiger partial charge in [0.25, 0.3) is 0 Å². The molecule has 0 rings (SSSR count). The molecular formula is C18H41KO4S. The monoisotopic (exact) mass is 392 g/mol. The summed E-state index contributed by atoms with van der Waals surface area (Å²) in [5.41, 5.74) is 0. The molecule has 0 aliphatic rings. The Morgan fingerprint density at radius 2 is 0.625 bits per heavy atom. The van der Waals surface area contributed by atoms with Crippen LogP contribution in [0.1, 0.15) is 117 Å². The van der Waals surface area contributed by atoms with Gasteiger partial charge in [0.1, 0.15) is 0 Å². The zero-order valence-electron chi connectivity index (χ0n) is 15.4. The van der Waals surface area contributed by atoms with E-state index in [9.17, 15) is 0 Å². The first kappa shape index (κ1) is 30.2. The summed E-state index contributed by atoms with van der Waals surface area (Å²) in [6.45, 7) is 4.59. The molecule has 0 radical (unpaired) electrons. The molecule has 0 heterocycles. The van der Waals surface area contributed by atoms with Gasteiger partial charge in [0.05, 0.1) is 0 Å². The first-order valence-electron chi connectivity index (χ1n) is 9.61. The first-order chi connectivity index (χ1) is 10.9. The third-order valence-corrected chi connectivity index (χ3v) is 3.96. The van der Waals surface area contributed by atoms with Gasteiger partial charge in [0.15, 0.2) is 0 Å². The molecule has 0 saturated heterocycles. The van der Waals surface area contributed by atoms with E-state index in [1.54, 1.807) is 0 Å². The second-order valence-electron chi connectivity index (χ2n) is 6.40. The Bertz CT molecular complexity index is 284. The summed E-state index contributed by atoms with van der Waals surface area (Å²) < 4.78 is 31.6. The van der Waals surface area contributed by atoms with Crippen LogP contribution >= 0.6 is 0 Å². The van der Waals surface area contributed by atoms with Crippen molar-refractivity contribution in [1.82, 2.24) is 0 Å². The molecule has 0 aromatic heterocycles. The van der Waals surface area contributed by atoms with E-state index in [1.165, 1.54) is 103 Å². The van der Waals surface area contributed by atoms with Crippen molar-refractivity contribution in [3.63, 3.8) is 0 Å². The van der Waals surface area contributed by atoms with Gasteiger partial charge < -0.3 is 0 Å². The Morgan fingerprint density at radius 1 is 0.500 bits per heavy atom. The van der Waals surface area contributed by atoms with E-state index in [-0.39, 0.29) is 51.4 Å². The molecule has 144 valence electrons. The van der Waals surface area contributed by atoms with Crippen molar-refractivity contribution in [3.8, 4) is 0 Å². The van der Waals surface area contributed by atoms with Gasteiger partial charge >= 0.3 is 61.8 Å². The van der Waals surface area contributed by atoms with Crippen LogP contribution in [-0.2, 0) is 10.4 Å². The van der Waals surface area contributed by atoms with Crippen LogP contribution in [0.2, 0.25) is 0 Å². The number of hydrogen-bond donors (Lipinski definition) is 2. The molecule has 0 spiro atoms. The third kappa shape index (κ3) is 43.7. The van der Waals surface area contributed by atoms with Crippen molar-refractivity contribution < 1.29 is 17.5 Å². The molecule has 0 aromatic rings. The van der Waals surface area contributed by atoms with Gasteiger partial charge in [-0.1, -0.05) is 117 Å². The summed E-state index contributed by atoms with van der Waals surface area (Å²) in [5.74, 6) is 0. The van der Waals surface area contributed by atoms with E-state index in [0.29, 0.717) is 0 Å². The van der Waals surface area contributed by atoms with Gasteiger partial charge in [0, 0.05) is 0 Å². The summed E-state index contributed by atoms with van der Waals surface area (Å²) >= 11 is 0. The van der Waals surface area contributed by atoms with E-state index in [2.05, 4.69) is 13.8 Å². The average molecular weight is 393 g/mol. The molecule has 0 aliphatic carbocycles. The Morgan fingerprint density at radius 3 is 0.750 bits per heavy atom. The molecule has 4 nitrogen and oxygen atoms in total. The Hall–Kier alpha value is 1.51. The molecule has 6 heteroatoms. The zero-order valence-corrected chi connectivity index (χ0v) is 16.2. The fourth-order valence-corrected chi connectivity index (χ4v) is 2.62. The Kier molecular flexibility index (Phi) is 30.9. The molecule has 0 unspecified atom stereocenters. The second-order valence-corrected chi connectivity index (χ2v) is 7.29. The van der Waals surface area contributed by atoms with Crippen molar-refractivity contribution in [2.45, 2.75) is 117 Å². The minimum atomic E-state index is -4.67. The van der Waals surface area contributed by atoms with Crippen molar-refractivity contribution in [3.05, 3.63) is 0 Å². The molecule has 24 heavy (non-hydrogen) atoms. The fraction of sp³-hybridized carbons (Fsp3) is 1.00. The molecule has 0 fully saturated rings. The van der Waals surface area contributed by atoms with E-state index >= 15 is 0 Å². The average Bonchev–Trinajstić information content (AvgIpc) is 2.46. The standard InChI is InChI=1S/C18H38.K.H2O4S.H/c1-3-5-7-9-11-13-15-17-18-16-14-12-10-8-6-4-2;;1-5(2,3)4;/h3-18H2,1-2H3;;(H2,1,2,3,4);. The number of hydrogen-bond acceptors (Lipinski definition) is 2. The molecule has 0 saturated carbocycles. The van der Waals surface area contributed by atoms with Crippen LogP contribution in [0.4, 0.5) is 0 Å². The van der Waals surface area contributed by atoms with Gasteiger partial charge in [-0.05, 0) is 0 Å². The Balaban J connectivity index is -0.000000639. The predicted octanol–water partition coefficient (Wildman–Crippen LogP) is 5.97. The van der Waals surface area contributed by atoms with Crippen molar-refractivity contribution in [2.75, 3.05) is 0 Å². The summed E-state index contributed by atoms with van der Waals surface area (Å²) in [7, 11) is -4.67. The van der Waals surface area contributed by atoms with Crippen LogP contribution in [-0.4, -0.2) is 68.9 Å². The van der Waals surface area contributed by atoms with Crippen molar-refractivity contribution in [1.29, 1.82) is 0 Å². The molecule has 0 aliphatic heterocycles. The van der Waals surface area contributed by atoms with Gasteiger partial charge in [-0.3, -0.25) is 9.11 Å². The van der Waals surface area contributed by atoms with E-state index in [0.717, 1.165) is 0 Å². The van der Waals surface area contributed by atoms with Gasteiger partial charge in [0.2, 0.25) is 0 Å². The van der Waals surface area contributed by atoms with Gasteiger partial charge in [-0.2, -0.15) is 8.42 Å². The molecule has 0 atom stereocenters. The first-order valence-corrected chi connectivity index (χ1v) is 11.0.